The van der Waals surface area contributed by atoms with Crippen LogP contribution in [0.1, 0.15) is 43.7 Å². The van der Waals surface area contributed by atoms with Crippen molar-refractivity contribution in [3.63, 3.8) is 0 Å². The van der Waals surface area contributed by atoms with Crippen molar-refractivity contribution in [2.45, 2.75) is 38.1 Å². The third-order valence-corrected chi connectivity index (χ3v) is 5.27. The van der Waals surface area contributed by atoms with E-state index in [1.807, 2.05) is 30.3 Å². The lowest BCUT2D eigenvalue weighted by atomic mass is 9.80. The zero-order valence-electron chi connectivity index (χ0n) is 14.2. The van der Waals surface area contributed by atoms with Gasteiger partial charge in [0.15, 0.2) is 0 Å². The van der Waals surface area contributed by atoms with Gasteiger partial charge < -0.3 is 15.3 Å². The Labute approximate surface area is 147 Å². The summed E-state index contributed by atoms with van der Waals surface area (Å²) in [7, 11) is 0. The molecule has 2 amide bonds. The highest BCUT2D eigenvalue weighted by Gasteiger charge is 2.37. The third-order valence-electron chi connectivity index (χ3n) is 5.27. The molecule has 3 unspecified atom stereocenters. The quantitative estimate of drug-likeness (QED) is 0.878. The molecule has 6 heteroatoms. The zero-order valence-corrected chi connectivity index (χ0v) is 14.2. The van der Waals surface area contributed by atoms with Gasteiger partial charge in [-0.1, -0.05) is 36.8 Å². The summed E-state index contributed by atoms with van der Waals surface area (Å²) in [6, 6.07) is 9.30. The van der Waals surface area contributed by atoms with Crippen LogP contribution < -0.4 is 5.32 Å². The van der Waals surface area contributed by atoms with Crippen LogP contribution in [0.5, 0.6) is 0 Å². The highest BCUT2D eigenvalue weighted by atomic mass is 16.4. The average molecular weight is 344 g/mol. The Balaban J connectivity index is 1.82. The Morgan fingerprint density at radius 2 is 1.84 bits per heavy atom. The minimum absolute atomic E-state index is 0.0173. The van der Waals surface area contributed by atoms with Crippen LogP contribution in [-0.2, 0) is 14.4 Å². The fraction of sp³-hybridized carbons (Fsp3) is 0.526. The van der Waals surface area contributed by atoms with Gasteiger partial charge in [0.05, 0.1) is 18.4 Å². The molecule has 1 aromatic rings. The highest BCUT2D eigenvalue weighted by Crippen LogP contribution is 2.34. The molecule has 2 aliphatic rings. The van der Waals surface area contributed by atoms with Crippen LogP contribution >= 0.6 is 0 Å². The lowest BCUT2D eigenvalue weighted by Crippen LogP contribution is -2.42. The minimum atomic E-state index is -0.815. The van der Waals surface area contributed by atoms with Gasteiger partial charge in [0.1, 0.15) is 0 Å². The van der Waals surface area contributed by atoms with Crippen LogP contribution in [0.4, 0.5) is 0 Å². The average Bonchev–Trinajstić information content (AvgIpc) is 2.83. The second-order valence-electron chi connectivity index (χ2n) is 6.91. The first-order valence-electron chi connectivity index (χ1n) is 8.91. The van der Waals surface area contributed by atoms with E-state index in [4.69, 9.17) is 0 Å². The standard InChI is InChI=1S/C19H24N2O4/c22-17-12-16(13-5-2-1-3-6-13)21(10-9-20-17)18(23)14-7-4-8-15(11-14)19(24)25/h1-3,5-6,14-16H,4,7-12H2,(H,20,22)(H,24,25). The Hall–Kier alpha value is -2.37. The summed E-state index contributed by atoms with van der Waals surface area (Å²) >= 11 is 0. The van der Waals surface area contributed by atoms with Gasteiger partial charge in [0.25, 0.3) is 0 Å². The number of rotatable bonds is 3. The van der Waals surface area contributed by atoms with Gasteiger partial charge in [0.2, 0.25) is 11.8 Å². The van der Waals surface area contributed by atoms with E-state index in [1.54, 1.807) is 4.90 Å². The highest BCUT2D eigenvalue weighted by molar-refractivity contribution is 5.83. The number of hydrogen-bond acceptors (Lipinski definition) is 3. The van der Waals surface area contributed by atoms with Crippen LogP contribution in [-0.4, -0.2) is 40.9 Å². The van der Waals surface area contributed by atoms with Crippen molar-refractivity contribution >= 4 is 17.8 Å². The van der Waals surface area contributed by atoms with Crippen molar-refractivity contribution < 1.29 is 19.5 Å². The molecule has 1 aliphatic heterocycles. The lowest BCUT2D eigenvalue weighted by Gasteiger charge is -2.35. The molecule has 1 aromatic carbocycles. The Morgan fingerprint density at radius 1 is 1.12 bits per heavy atom. The molecule has 1 saturated heterocycles. The first-order chi connectivity index (χ1) is 12.1. The maximum Gasteiger partial charge on any atom is 0.306 e. The van der Waals surface area contributed by atoms with Gasteiger partial charge in [0, 0.05) is 19.0 Å². The van der Waals surface area contributed by atoms with Gasteiger partial charge >= 0.3 is 5.97 Å². The summed E-state index contributed by atoms with van der Waals surface area (Å²) in [5.74, 6) is -1.60. The van der Waals surface area contributed by atoms with Crippen molar-refractivity contribution in [2.24, 2.45) is 11.8 Å². The number of carbonyl (C=O) groups excluding carboxylic acids is 2. The predicted molar refractivity (Wildman–Crippen MR) is 91.6 cm³/mol. The molecule has 3 atom stereocenters. The third kappa shape index (κ3) is 4.00. The van der Waals surface area contributed by atoms with E-state index in [2.05, 4.69) is 5.32 Å². The molecule has 0 radical (unpaired) electrons. The van der Waals surface area contributed by atoms with Gasteiger partial charge in [-0.15, -0.1) is 0 Å². The number of hydrogen-bond donors (Lipinski definition) is 2. The number of amides is 2. The van der Waals surface area contributed by atoms with Crippen molar-refractivity contribution in [1.82, 2.24) is 10.2 Å². The fourth-order valence-corrected chi connectivity index (χ4v) is 3.94. The van der Waals surface area contributed by atoms with Crippen molar-refractivity contribution in [3.8, 4) is 0 Å². The molecule has 0 spiro atoms. The van der Waals surface area contributed by atoms with E-state index >= 15 is 0 Å². The predicted octanol–water partition coefficient (Wildman–Crippen LogP) is 1.97. The summed E-state index contributed by atoms with van der Waals surface area (Å²) in [4.78, 5) is 38.3. The number of carboxylic acid groups (broad SMARTS) is 1. The second-order valence-corrected chi connectivity index (χ2v) is 6.91. The summed E-state index contributed by atoms with van der Waals surface area (Å²) in [5.41, 5.74) is 0.943. The molecule has 6 nitrogen and oxygen atoms in total. The summed E-state index contributed by atoms with van der Waals surface area (Å²) in [6.45, 7) is 0.890. The number of carbonyl (C=O) groups is 3. The van der Waals surface area contributed by atoms with Gasteiger partial charge in [-0.25, -0.2) is 0 Å². The number of nitrogens with one attached hydrogen (secondary N) is 1. The lowest BCUT2D eigenvalue weighted by molar-refractivity contribution is -0.146. The molecule has 2 fully saturated rings. The Kier molecular flexibility index (Phi) is 5.36. The molecular formula is C19H24N2O4. The molecule has 1 saturated carbocycles. The Bertz CT molecular complexity index is 646. The monoisotopic (exact) mass is 344 g/mol. The van der Waals surface area contributed by atoms with Crippen LogP contribution in [0, 0.1) is 11.8 Å². The SMILES string of the molecule is O=C1CC(c2ccccc2)N(C(=O)C2CCCC(C(=O)O)C2)CCN1. The summed E-state index contributed by atoms with van der Waals surface area (Å²) in [5, 5.41) is 12.1. The van der Waals surface area contributed by atoms with Crippen molar-refractivity contribution in [2.75, 3.05) is 13.1 Å². The van der Waals surface area contributed by atoms with Gasteiger partial charge in [-0.3, -0.25) is 14.4 Å². The zero-order chi connectivity index (χ0) is 17.8. The smallest absolute Gasteiger partial charge is 0.306 e. The first kappa shape index (κ1) is 17.5. The molecule has 0 aromatic heterocycles. The molecule has 2 N–H and O–H groups in total. The maximum atomic E-state index is 13.2. The summed E-state index contributed by atoms with van der Waals surface area (Å²) < 4.78 is 0. The fourth-order valence-electron chi connectivity index (χ4n) is 3.94. The van der Waals surface area contributed by atoms with Crippen LogP contribution in [0.3, 0.4) is 0 Å². The van der Waals surface area contributed by atoms with E-state index < -0.39 is 11.9 Å². The Morgan fingerprint density at radius 3 is 2.56 bits per heavy atom. The van der Waals surface area contributed by atoms with E-state index in [1.165, 1.54) is 0 Å². The molecule has 3 rings (SSSR count). The van der Waals surface area contributed by atoms with Gasteiger partial charge in [-0.2, -0.15) is 0 Å². The maximum absolute atomic E-state index is 13.2. The number of benzene rings is 1. The van der Waals surface area contributed by atoms with E-state index in [-0.39, 0.29) is 30.2 Å². The number of carboxylic acids is 1. The molecule has 1 heterocycles. The number of aliphatic carboxylic acids is 1. The molecular weight excluding hydrogens is 320 g/mol. The van der Waals surface area contributed by atoms with E-state index in [0.717, 1.165) is 18.4 Å². The van der Waals surface area contributed by atoms with Crippen molar-refractivity contribution in [3.05, 3.63) is 35.9 Å². The van der Waals surface area contributed by atoms with Crippen molar-refractivity contribution in [1.29, 1.82) is 0 Å². The molecule has 0 bridgehead atoms. The topological polar surface area (TPSA) is 86.7 Å². The molecule has 134 valence electrons. The molecule has 1 aliphatic carbocycles. The normalized spacial score (nSPS) is 27.3. The largest absolute Gasteiger partial charge is 0.481 e. The van der Waals surface area contributed by atoms with E-state index in [9.17, 15) is 19.5 Å². The van der Waals surface area contributed by atoms with Crippen LogP contribution in [0.2, 0.25) is 0 Å². The van der Waals surface area contributed by atoms with Gasteiger partial charge in [-0.05, 0) is 24.8 Å². The summed E-state index contributed by atoms with van der Waals surface area (Å²) in [6.07, 6.45) is 2.76. The minimum Gasteiger partial charge on any atom is -0.481 e. The second kappa shape index (κ2) is 7.68. The number of nitrogens with zero attached hydrogens (tertiary/aromatic N) is 1. The van der Waals surface area contributed by atoms with Crippen LogP contribution in [0.25, 0.3) is 0 Å². The van der Waals surface area contributed by atoms with E-state index in [0.29, 0.717) is 25.9 Å². The van der Waals surface area contributed by atoms with Crippen LogP contribution in [0.15, 0.2) is 30.3 Å². The molecule has 25 heavy (non-hydrogen) atoms. The first-order valence-corrected chi connectivity index (χ1v) is 8.91.